The lowest BCUT2D eigenvalue weighted by atomic mass is 10.2. The van der Waals surface area contributed by atoms with E-state index in [0.717, 1.165) is 21.8 Å². The van der Waals surface area contributed by atoms with Crippen LogP contribution < -0.4 is 9.47 Å². The van der Waals surface area contributed by atoms with Gasteiger partial charge in [-0.1, -0.05) is 35.3 Å². The Hall–Kier alpha value is -4.20. The van der Waals surface area contributed by atoms with Crippen LogP contribution in [0.3, 0.4) is 0 Å². The van der Waals surface area contributed by atoms with Crippen LogP contribution in [0.25, 0.3) is 38.9 Å². The van der Waals surface area contributed by atoms with E-state index in [1.807, 2.05) is 60.7 Å². The van der Waals surface area contributed by atoms with Crippen molar-refractivity contribution in [1.29, 1.82) is 0 Å². The first-order chi connectivity index (χ1) is 17.2. The smallest absolute Gasteiger partial charge is 0.327 e. The molecule has 2 aromatic carbocycles. The van der Waals surface area contributed by atoms with Crippen LogP contribution in [0.2, 0.25) is 5.02 Å². The molecule has 0 aliphatic carbocycles. The maximum atomic E-state index is 6.62. The van der Waals surface area contributed by atoms with Gasteiger partial charge in [0, 0.05) is 40.8 Å². The second-order valence-electron chi connectivity index (χ2n) is 7.60. The van der Waals surface area contributed by atoms with E-state index in [2.05, 4.69) is 24.9 Å². The minimum Gasteiger partial charge on any atom is -0.438 e. The van der Waals surface area contributed by atoms with Crippen molar-refractivity contribution < 1.29 is 9.47 Å². The van der Waals surface area contributed by atoms with Crippen molar-refractivity contribution in [3.05, 3.63) is 89.3 Å². The van der Waals surface area contributed by atoms with Crippen LogP contribution in [0, 0.1) is 0 Å². The van der Waals surface area contributed by atoms with Crippen molar-refractivity contribution in [3.63, 3.8) is 0 Å². The van der Waals surface area contributed by atoms with Crippen LogP contribution in [0.15, 0.2) is 78.6 Å². The Bertz CT molecular complexity index is 1750. The molecular weight excluding hydrogens is 485 g/mol. The van der Waals surface area contributed by atoms with Gasteiger partial charge in [-0.2, -0.15) is 9.97 Å². The highest BCUT2D eigenvalue weighted by Gasteiger charge is 2.19. The number of aromatic nitrogens is 5. The molecule has 0 bridgehead atoms. The predicted molar refractivity (Wildman–Crippen MR) is 137 cm³/mol. The molecule has 0 atom stereocenters. The third kappa shape index (κ3) is 4.12. The van der Waals surface area contributed by atoms with Gasteiger partial charge in [-0.15, -0.1) is 0 Å². The number of halogens is 2. The summed E-state index contributed by atoms with van der Waals surface area (Å²) in [7, 11) is 0. The van der Waals surface area contributed by atoms with Gasteiger partial charge in [-0.25, -0.2) is 0 Å². The van der Waals surface area contributed by atoms with Crippen molar-refractivity contribution in [1.82, 2.24) is 24.9 Å². The van der Waals surface area contributed by atoms with Crippen molar-refractivity contribution in [2.24, 2.45) is 0 Å². The average Bonchev–Trinajstić information content (AvgIpc) is 3.19. The summed E-state index contributed by atoms with van der Waals surface area (Å²) in [6.45, 7) is 0. The molecule has 0 aliphatic heterocycles. The SMILES string of the molecule is ClC=Cc1[nH]c2nc(Oc3ccc4cccnc4c3)nc(Oc3ccc4cccnc4c3)c2c1Cl. The third-order valence-corrected chi connectivity index (χ3v) is 5.89. The van der Waals surface area contributed by atoms with Crippen LogP contribution in [0.4, 0.5) is 0 Å². The molecule has 4 heterocycles. The fourth-order valence-electron chi connectivity index (χ4n) is 3.76. The molecule has 170 valence electrons. The van der Waals surface area contributed by atoms with Crippen molar-refractivity contribution in [2.45, 2.75) is 0 Å². The van der Waals surface area contributed by atoms with Crippen LogP contribution >= 0.6 is 23.2 Å². The molecule has 9 heteroatoms. The summed E-state index contributed by atoms with van der Waals surface area (Å²) < 4.78 is 12.2. The van der Waals surface area contributed by atoms with E-state index in [9.17, 15) is 0 Å². The first-order valence-electron chi connectivity index (χ1n) is 10.6. The molecule has 0 saturated carbocycles. The monoisotopic (exact) mass is 499 g/mol. The molecule has 0 spiro atoms. The van der Waals surface area contributed by atoms with Gasteiger partial charge in [0.2, 0.25) is 5.88 Å². The van der Waals surface area contributed by atoms with Crippen LogP contribution in [0.5, 0.6) is 23.4 Å². The molecule has 0 aliphatic rings. The largest absolute Gasteiger partial charge is 0.438 e. The van der Waals surface area contributed by atoms with Gasteiger partial charge in [0.25, 0.3) is 0 Å². The van der Waals surface area contributed by atoms with Crippen LogP contribution in [-0.4, -0.2) is 24.9 Å². The van der Waals surface area contributed by atoms with E-state index < -0.39 is 0 Å². The molecule has 0 fully saturated rings. The molecule has 6 aromatic rings. The van der Waals surface area contributed by atoms with E-state index >= 15 is 0 Å². The summed E-state index contributed by atoms with van der Waals surface area (Å²) in [6.07, 6.45) is 5.09. The van der Waals surface area contributed by atoms with Gasteiger partial charge in [-0.05, 0) is 42.5 Å². The number of ether oxygens (including phenoxy) is 2. The molecule has 0 amide bonds. The van der Waals surface area contributed by atoms with Crippen LogP contribution in [0.1, 0.15) is 5.69 Å². The summed E-state index contributed by atoms with van der Waals surface area (Å²) in [4.78, 5) is 20.9. The Balaban J connectivity index is 1.45. The maximum Gasteiger partial charge on any atom is 0.327 e. The van der Waals surface area contributed by atoms with Crippen LogP contribution in [-0.2, 0) is 0 Å². The zero-order chi connectivity index (χ0) is 23.8. The van der Waals surface area contributed by atoms with Gasteiger partial charge < -0.3 is 14.5 Å². The lowest BCUT2D eigenvalue weighted by Gasteiger charge is -2.10. The van der Waals surface area contributed by atoms with E-state index in [1.54, 1.807) is 18.5 Å². The Labute approximate surface area is 209 Å². The van der Waals surface area contributed by atoms with Crippen molar-refractivity contribution >= 4 is 62.1 Å². The topological polar surface area (TPSA) is 85.8 Å². The Kier molecular flexibility index (Phi) is 5.41. The van der Waals surface area contributed by atoms with Gasteiger partial charge in [0.15, 0.2) is 5.65 Å². The Morgan fingerprint density at radius 3 is 2.11 bits per heavy atom. The summed E-state index contributed by atoms with van der Waals surface area (Å²) in [5.74, 6) is 1.31. The molecule has 7 nitrogen and oxygen atoms in total. The number of rotatable bonds is 5. The minimum atomic E-state index is 0.0843. The molecule has 35 heavy (non-hydrogen) atoms. The summed E-state index contributed by atoms with van der Waals surface area (Å²) >= 11 is 12.4. The standard InChI is InChI=1S/C26H15Cl2N5O2/c27-10-9-19-23(28)22-24(31-19)32-26(35-18-8-6-16-4-2-12-30-21(16)14-18)33-25(22)34-17-7-5-15-3-1-11-29-20(15)13-17/h1-14H,(H,31,32,33). The number of benzene rings is 2. The number of nitrogens with zero attached hydrogens (tertiary/aromatic N) is 4. The van der Waals surface area contributed by atoms with Gasteiger partial charge >= 0.3 is 6.01 Å². The Morgan fingerprint density at radius 1 is 0.800 bits per heavy atom. The number of hydrogen-bond acceptors (Lipinski definition) is 6. The summed E-state index contributed by atoms with van der Waals surface area (Å²) in [5.41, 5.74) is 3.96. The first-order valence-corrected chi connectivity index (χ1v) is 11.4. The molecule has 0 unspecified atom stereocenters. The number of fused-ring (bicyclic) bond motifs is 3. The van der Waals surface area contributed by atoms with Crippen molar-refractivity contribution in [2.75, 3.05) is 0 Å². The van der Waals surface area contributed by atoms with Gasteiger partial charge in [0.05, 0.1) is 21.7 Å². The number of H-pyrrole nitrogens is 1. The molecule has 0 saturated heterocycles. The second-order valence-corrected chi connectivity index (χ2v) is 8.23. The molecule has 1 N–H and O–H groups in total. The van der Waals surface area contributed by atoms with E-state index in [-0.39, 0.29) is 11.9 Å². The Morgan fingerprint density at radius 2 is 1.46 bits per heavy atom. The second kappa shape index (κ2) is 8.87. The highest BCUT2D eigenvalue weighted by molar-refractivity contribution is 6.38. The highest BCUT2D eigenvalue weighted by Crippen LogP contribution is 2.38. The summed E-state index contributed by atoms with van der Waals surface area (Å²) in [5, 5.41) is 2.88. The highest BCUT2D eigenvalue weighted by atomic mass is 35.5. The number of nitrogens with one attached hydrogen (secondary N) is 1. The fraction of sp³-hybridized carbons (Fsp3) is 0. The first kappa shape index (κ1) is 21.3. The third-order valence-electron chi connectivity index (χ3n) is 5.37. The molecule has 0 radical (unpaired) electrons. The summed E-state index contributed by atoms with van der Waals surface area (Å²) in [6, 6.07) is 19.0. The zero-order valence-corrected chi connectivity index (χ0v) is 19.5. The lowest BCUT2D eigenvalue weighted by Crippen LogP contribution is -1.97. The average molecular weight is 500 g/mol. The zero-order valence-electron chi connectivity index (χ0n) is 17.9. The molecular formula is C26H15Cl2N5O2. The maximum absolute atomic E-state index is 6.62. The quantitative estimate of drug-likeness (QED) is 0.264. The number of aromatic amines is 1. The van der Waals surface area contributed by atoms with E-state index in [1.165, 1.54) is 5.54 Å². The van der Waals surface area contributed by atoms with Gasteiger partial charge in [0.1, 0.15) is 16.9 Å². The van der Waals surface area contributed by atoms with E-state index in [4.69, 9.17) is 32.7 Å². The molecule has 4 aromatic heterocycles. The number of hydrogen-bond donors (Lipinski definition) is 1. The van der Waals surface area contributed by atoms with Gasteiger partial charge in [-0.3, -0.25) is 9.97 Å². The number of pyridine rings is 2. The predicted octanol–water partition coefficient (Wildman–Crippen LogP) is 7.50. The molecule has 6 rings (SSSR count). The van der Waals surface area contributed by atoms with Crippen molar-refractivity contribution in [3.8, 4) is 23.4 Å². The fourth-order valence-corrected chi connectivity index (χ4v) is 4.17. The van der Waals surface area contributed by atoms with E-state index in [0.29, 0.717) is 33.2 Å². The normalized spacial score (nSPS) is 11.6. The lowest BCUT2D eigenvalue weighted by molar-refractivity contribution is 0.417. The minimum absolute atomic E-state index is 0.0843.